The molecule has 0 unspecified atom stereocenters. The number of esters is 1. The molecular formula is C20H16FNO5S. The monoisotopic (exact) mass is 401 g/mol. The largest absolute Gasteiger partial charge is 0.490 e. The van der Waals surface area contributed by atoms with Crippen LogP contribution in [-0.2, 0) is 16.0 Å². The van der Waals surface area contributed by atoms with E-state index in [0.717, 1.165) is 11.8 Å². The van der Waals surface area contributed by atoms with Crippen LogP contribution in [0.25, 0.3) is 6.08 Å². The van der Waals surface area contributed by atoms with E-state index < -0.39 is 17.1 Å². The quantitative estimate of drug-likeness (QED) is 0.452. The van der Waals surface area contributed by atoms with Gasteiger partial charge in [0.05, 0.1) is 17.9 Å². The van der Waals surface area contributed by atoms with Crippen molar-refractivity contribution >= 4 is 35.0 Å². The van der Waals surface area contributed by atoms with Crippen LogP contribution in [0.3, 0.4) is 0 Å². The van der Waals surface area contributed by atoms with E-state index in [9.17, 15) is 18.8 Å². The summed E-state index contributed by atoms with van der Waals surface area (Å²) in [6, 6.07) is 10.4. The number of carbonyl (C=O) groups excluding carboxylic acids is 3. The molecule has 0 saturated carbocycles. The summed E-state index contributed by atoms with van der Waals surface area (Å²) in [5.74, 6) is -0.788. The lowest BCUT2D eigenvalue weighted by atomic mass is 10.1. The number of ether oxygens (including phenoxy) is 2. The van der Waals surface area contributed by atoms with E-state index in [-0.39, 0.29) is 22.9 Å². The summed E-state index contributed by atoms with van der Waals surface area (Å²) in [6.45, 7) is 2.13. The van der Waals surface area contributed by atoms with E-state index in [1.54, 1.807) is 31.2 Å². The standard InChI is InChI=1S/C20H16FNO5S/c1-2-26-16-9-13(10-17-19(24)22-20(25)28-17)5-8-15(16)27-18(23)11-12-3-6-14(21)7-4-12/h3-10H,2,11H2,1H3,(H,22,24,25). The number of benzene rings is 2. The van der Waals surface area contributed by atoms with E-state index in [0.29, 0.717) is 23.5 Å². The van der Waals surface area contributed by atoms with Crippen LogP contribution >= 0.6 is 11.8 Å². The highest BCUT2D eigenvalue weighted by atomic mass is 32.2. The lowest BCUT2D eigenvalue weighted by molar-refractivity contribution is -0.133. The van der Waals surface area contributed by atoms with Crippen LogP contribution in [0, 0.1) is 5.82 Å². The molecule has 1 heterocycles. The number of thioether (sulfide) groups is 1. The number of amides is 2. The summed E-state index contributed by atoms with van der Waals surface area (Å²) in [7, 11) is 0. The van der Waals surface area contributed by atoms with Gasteiger partial charge >= 0.3 is 5.97 Å². The number of hydrogen-bond acceptors (Lipinski definition) is 6. The van der Waals surface area contributed by atoms with Gasteiger partial charge in [-0.3, -0.25) is 19.7 Å². The number of halogens is 1. The van der Waals surface area contributed by atoms with Crippen molar-refractivity contribution in [2.45, 2.75) is 13.3 Å². The Balaban J connectivity index is 1.76. The molecule has 6 nitrogen and oxygen atoms in total. The fourth-order valence-corrected chi connectivity index (χ4v) is 3.15. The predicted octanol–water partition coefficient (Wildman–Crippen LogP) is 3.70. The fourth-order valence-electron chi connectivity index (χ4n) is 2.47. The highest BCUT2D eigenvalue weighted by Crippen LogP contribution is 2.32. The lowest BCUT2D eigenvalue weighted by Crippen LogP contribution is -2.17. The van der Waals surface area contributed by atoms with E-state index >= 15 is 0 Å². The van der Waals surface area contributed by atoms with Gasteiger partial charge in [0.2, 0.25) is 0 Å². The molecule has 144 valence electrons. The van der Waals surface area contributed by atoms with Crippen molar-refractivity contribution in [3.05, 3.63) is 64.3 Å². The van der Waals surface area contributed by atoms with Gasteiger partial charge in [-0.2, -0.15) is 0 Å². The Morgan fingerprint density at radius 3 is 2.54 bits per heavy atom. The smallest absolute Gasteiger partial charge is 0.315 e. The van der Waals surface area contributed by atoms with Gasteiger partial charge in [0.25, 0.3) is 11.1 Å². The maximum Gasteiger partial charge on any atom is 0.315 e. The van der Waals surface area contributed by atoms with Crippen LogP contribution in [-0.4, -0.2) is 23.7 Å². The van der Waals surface area contributed by atoms with Crippen LogP contribution < -0.4 is 14.8 Å². The molecule has 1 fully saturated rings. The summed E-state index contributed by atoms with van der Waals surface area (Å²) in [5.41, 5.74) is 1.24. The first kappa shape index (κ1) is 19.6. The van der Waals surface area contributed by atoms with Gasteiger partial charge in [-0.05, 0) is 60.2 Å². The second-order valence-corrected chi connectivity index (χ2v) is 6.78. The van der Waals surface area contributed by atoms with Gasteiger partial charge in [0.1, 0.15) is 5.82 Å². The Bertz CT molecular complexity index is 956. The average molecular weight is 401 g/mol. The van der Waals surface area contributed by atoms with Crippen LogP contribution in [0.4, 0.5) is 9.18 Å². The molecule has 1 aliphatic rings. The van der Waals surface area contributed by atoms with Crippen molar-refractivity contribution < 1.29 is 28.2 Å². The number of imide groups is 1. The Hall–Kier alpha value is -3.13. The lowest BCUT2D eigenvalue weighted by Gasteiger charge is -2.11. The molecule has 1 saturated heterocycles. The number of nitrogens with one attached hydrogen (secondary N) is 1. The molecule has 0 radical (unpaired) electrons. The van der Waals surface area contributed by atoms with Crippen molar-refractivity contribution in [1.82, 2.24) is 5.32 Å². The molecule has 1 N–H and O–H groups in total. The van der Waals surface area contributed by atoms with E-state index in [2.05, 4.69) is 5.32 Å². The molecule has 1 aliphatic heterocycles. The minimum absolute atomic E-state index is 0.0173. The zero-order chi connectivity index (χ0) is 20.1. The van der Waals surface area contributed by atoms with Crippen molar-refractivity contribution in [1.29, 1.82) is 0 Å². The van der Waals surface area contributed by atoms with Crippen LogP contribution in [0.15, 0.2) is 47.4 Å². The fraction of sp³-hybridized carbons (Fsp3) is 0.150. The molecule has 2 aromatic rings. The molecule has 0 aromatic heterocycles. The molecule has 0 bridgehead atoms. The summed E-state index contributed by atoms with van der Waals surface area (Å²) in [6.07, 6.45) is 1.54. The van der Waals surface area contributed by atoms with E-state index in [4.69, 9.17) is 9.47 Å². The van der Waals surface area contributed by atoms with E-state index in [1.165, 1.54) is 24.3 Å². The second kappa shape index (κ2) is 8.71. The van der Waals surface area contributed by atoms with Gasteiger partial charge in [0.15, 0.2) is 11.5 Å². The zero-order valence-corrected chi connectivity index (χ0v) is 15.7. The SMILES string of the molecule is CCOc1cc(C=C2SC(=O)NC2=O)ccc1OC(=O)Cc1ccc(F)cc1. The summed E-state index contributed by atoms with van der Waals surface area (Å²) < 4.78 is 23.9. The first-order valence-corrected chi connectivity index (χ1v) is 9.23. The third-order valence-electron chi connectivity index (χ3n) is 3.69. The van der Waals surface area contributed by atoms with Crippen LogP contribution in [0.1, 0.15) is 18.1 Å². The summed E-state index contributed by atoms with van der Waals surface area (Å²) >= 11 is 0.813. The highest BCUT2D eigenvalue weighted by molar-refractivity contribution is 8.18. The molecule has 0 atom stereocenters. The van der Waals surface area contributed by atoms with Crippen molar-refractivity contribution in [2.24, 2.45) is 0 Å². The Kier molecular flexibility index (Phi) is 6.10. The number of hydrogen-bond donors (Lipinski definition) is 1. The van der Waals surface area contributed by atoms with Gasteiger partial charge < -0.3 is 9.47 Å². The highest BCUT2D eigenvalue weighted by Gasteiger charge is 2.25. The predicted molar refractivity (Wildman–Crippen MR) is 102 cm³/mol. The molecule has 8 heteroatoms. The molecule has 2 amide bonds. The maximum atomic E-state index is 13.0. The maximum absolute atomic E-state index is 13.0. The first-order valence-electron chi connectivity index (χ1n) is 8.41. The zero-order valence-electron chi connectivity index (χ0n) is 14.9. The van der Waals surface area contributed by atoms with Crippen LogP contribution in [0.5, 0.6) is 11.5 Å². The van der Waals surface area contributed by atoms with Gasteiger partial charge in [-0.15, -0.1) is 0 Å². The normalized spacial score (nSPS) is 14.9. The molecule has 0 spiro atoms. The number of rotatable bonds is 6. The number of carbonyl (C=O) groups is 3. The molecule has 3 rings (SSSR count). The minimum atomic E-state index is -0.519. The molecular weight excluding hydrogens is 385 g/mol. The van der Waals surface area contributed by atoms with Crippen LogP contribution in [0.2, 0.25) is 0 Å². The van der Waals surface area contributed by atoms with E-state index in [1.807, 2.05) is 0 Å². The van der Waals surface area contributed by atoms with Crippen molar-refractivity contribution in [3.8, 4) is 11.5 Å². The summed E-state index contributed by atoms with van der Waals surface area (Å²) in [4.78, 5) is 35.4. The van der Waals surface area contributed by atoms with Gasteiger partial charge in [-0.25, -0.2) is 4.39 Å². The third-order valence-corrected chi connectivity index (χ3v) is 4.50. The van der Waals surface area contributed by atoms with Crippen molar-refractivity contribution in [3.63, 3.8) is 0 Å². The van der Waals surface area contributed by atoms with Crippen molar-refractivity contribution in [2.75, 3.05) is 6.61 Å². The topological polar surface area (TPSA) is 81.7 Å². The third kappa shape index (κ3) is 4.98. The molecule has 28 heavy (non-hydrogen) atoms. The molecule has 0 aliphatic carbocycles. The first-order chi connectivity index (χ1) is 13.4. The van der Waals surface area contributed by atoms with Gasteiger partial charge in [-0.1, -0.05) is 18.2 Å². The Labute approximate surface area is 164 Å². The Morgan fingerprint density at radius 2 is 1.89 bits per heavy atom. The molecule has 2 aromatic carbocycles. The Morgan fingerprint density at radius 1 is 1.14 bits per heavy atom. The summed E-state index contributed by atoms with van der Waals surface area (Å²) in [5, 5.41) is 1.76. The average Bonchev–Trinajstić information content (AvgIpc) is 2.96. The minimum Gasteiger partial charge on any atom is -0.490 e. The second-order valence-electron chi connectivity index (χ2n) is 5.77. The van der Waals surface area contributed by atoms with Gasteiger partial charge in [0, 0.05) is 0 Å².